The van der Waals surface area contributed by atoms with Crippen LogP contribution < -0.4 is 5.32 Å². The molecule has 0 atom stereocenters. The third-order valence-corrected chi connectivity index (χ3v) is 5.55. The number of benzene rings is 1. The molecule has 3 rings (SSSR count). The van der Waals surface area contributed by atoms with Crippen LogP contribution in [0.5, 0.6) is 0 Å². The molecule has 1 aliphatic heterocycles. The molecule has 1 spiro atoms. The van der Waals surface area contributed by atoms with E-state index in [0.717, 1.165) is 5.56 Å². The van der Waals surface area contributed by atoms with Crippen LogP contribution >= 0.6 is 0 Å². The van der Waals surface area contributed by atoms with Crippen LogP contribution in [0.3, 0.4) is 0 Å². The second-order valence-corrected chi connectivity index (χ2v) is 6.90. The monoisotopic (exact) mass is 251 g/mol. The predicted molar refractivity (Wildman–Crippen MR) is 63.5 cm³/mol. The van der Waals surface area contributed by atoms with Gasteiger partial charge >= 0.3 is 0 Å². The fraction of sp³-hybridized carbons (Fsp3) is 0.417. The first-order valence-electron chi connectivity index (χ1n) is 5.58. The highest BCUT2D eigenvalue weighted by Crippen LogP contribution is 2.50. The number of anilines is 1. The molecule has 1 aromatic carbocycles. The zero-order chi connectivity index (χ0) is 12.3. The Morgan fingerprint density at radius 2 is 2.00 bits per heavy atom. The molecule has 1 saturated carbocycles. The number of fused-ring (bicyclic) bond motifs is 1. The summed E-state index contributed by atoms with van der Waals surface area (Å²) in [5.74, 6) is -0.198. The van der Waals surface area contributed by atoms with Gasteiger partial charge in [0.05, 0.1) is 21.8 Å². The van der Waals surface area contributed by atoms with Crippen LogP contribution in [0.2, 0.25) is 0 Å². The molecule has 0 radical (unpaired) electrons. The molecule has 2 aliphatic rings. The normalized spacial score (nSPS) is 23.7. The number of hydrogen-bond donors (Lipinski definition) is 1. The molecule has 4 nitrogen and oxygen atoms in total. The van der Waals surface area contributed by atoms with E-state index in [-0.39, 0.29) is 16.6 Å². The van der Waals surface area contributed by atoms with Crippen molar-refractivity contribution in [3.8, 4) is 0 Å². The van der Waals surface area contributed by atoms with Gasteiger partial charge in [-0.25, -0.2) is 8.42 Å². The van der Waals surface area contributed by atoms with E-state index in [2.05, 4.69) is 5.32 Å². The van der Waals surface area contributed by atoms with E-state index in [1.54, 1.807) is 25.1 Å². The lowest BCUT2D eigenvalue weighted by Crippen LogP contribution is -2.27. The predicted octanol–water partition coefficient (Wildman–Crippen LogP) is 1.50. The molecule has 1 aliphatic carbocycles. The summed E-state index contributed by atoms with van der Waals surface area (Å²) in [7, 11) is -3.36. The van der Waals surface area contributed by atoms with Crippen molar-refractivity contribution in [1.29, 1.82) is 0 Å². The molecule has 0 unspecified atom stereocenters. The number of sulfone groups is 1. The van der Waals surface area contributed by atoms with Gasteiger partial charge in [-0.05, 0) is 31.4 Å². The summed E-state index contributed by atoms with van der Waals surface area (Å²) in [6.45, 7) is 1.81. The lowest BCUT2D eigenvalue weighted by atomic mass is 10.1. The summed E-state index contributed by atoms with van der Waals surface area (Å²) in [6, 6.07) is 5.08. The standard InChI is InChI=1S/C12H13NO3S/c1-8-3-2-4-9-10(8)13-11(14)12(5-6-12)7-17(9,15)16/h2-4H,5-7H2,1H3,(H,13,14). The van der Waals surface area contributed by atoms with Crippen molar-refractivity contribution in [3.63, 3.8) is 0 Å². The number of aryl methyl sites for hydroxylation is 1. The summed E-state index contributed by atoms with van der Waals surface area (Å²) in [5.41, 5.74) is 0.586. The molecule has 1 fully saturated rings. The Bertz CT molecular complexity index is 615. The maximum Gasteiger partial charge on any atom is 0.231 e. The van der Waals surface area contributed by atoms with Crippen molar-refractivity contribution in [1.82, 2.24) is 0 Å². The molecule has 0 aromatic heterocycles. The molecule has 1 N–H and O–H groups in total. The summed E-state index contributed by atoms with van der Waals surface area (Å²) in [6.07, 6.45) is 1.34. The van der Waals surface area contributed by atoms with Gasteiger partial charge in [0.2, 0.25) is 5.91 Å². The van der Waals surface area contributed by atoms with Crippen LogP contribution in [-0.4, -0.2) is 20.1 Å². The van der Waals surface area contributed by atoms with Gasteiger partial charge < -0.3 is 5.32 Å². The summed E-state index contributed by atoms with van der Waals surface area (Å²) >= 11 is 0. The van der Waals surface area contributed by atoms with Crippen molar-refractivity contribution >= 4 is 21.4 Å². The van der Waals surface area contributed by atoms with Crippen molar-refractivity contribution < 1.29 is 13.2 Å². The van der Waals surface area contributed by atoms with E-state index in [1.165, 1.54) is 0 Å². The summed E-state index contributed by atoms with van der Waals surface area (Å²) < 4.78 is 24.5. The van der Waals surface area contributed by atoms with Crippen molar-refractivity contribution in [2.45, 2.75) is 24.7 Å². The van der Waals surface area contributed by atoms with E-state index < -0.39 is 15.3 Å². The zero-order valence-corrected chi connectivity index (χ0v) is 10.3. The smallest absolute Gasteiger partial charge is 0.231 e. The number of para-hydroxylation sites is 1. The molecule has 5 heteroatoms. The minimum atomic E-state index is -3.36. The van der Waals surface area contributed by atoms with Gasteiger partial charge in [0, 0.05) is 0 Å². The molecule has 1 amide bonds. The van der Waals surface area contributed by atoms with Crippen LogP contribution in [0.1, 0.15) is 18.4 Å². The van der Waals surface area contributed by atoms with E-state index in [9.17, 15) is 13.2 Å². The van der Waals surface area contributed by atoms with Gasteiger partial charge in [-0.3, -0.25) is 4.79 Å². The Balaban J connectivity index is 2.25. The fourth-order valence-electron chi connectivity index (χ4n) is 2.34. The van der Waals surface area contributed by atoms with Gasteiger partial charge in [0.1, 0.15) is 0 Å². The maximum absolute atomic E-state index is 12.3. The minimum absolute atomic E-state index is 0.0533. The second kappa shape index (κ2) is 3.10. The summed E-state index contributed by atoms with van der Waals surface area (Å²) in [5, 5.41) is 2.78. The Labute approximate surface area is 99.9 Å². The van der Waals surface area contributed by atoms with Crippen LogP contribution in [0.25, 0.3) is 0 Å². The number of nitrogens with one attached hydrogen (secondary N) is 1. The topological polar surface area (TPSA) is 63.2 Å². The molecule has 17 heavy (non-hydrogen) atoms. The Morgan fingerprint density at radius 3 is 2.65 bits per heavy atom. The van der Waals surface area contributed by atoms with Crippen LogP contribution in [0, 0.1) is 12.3 Å². The number of rotatable bonds is 0. The molecule has 1 aromatic rings. The SMILES string of the molecule is Cc1cccc2c1NC(=O)C1(CC1)CS2(=O)=O. The number of hydrogen-bond acceptors (Lipinski definition) is 3. The quantitative estimate of drug-likeness (QED) is 0.760. The molecular formula is C12H13NO3S. The first-order chi connectivity index (χ1) is 7.95. The molecule has 0 saturated heterocycles. The number of carbonyl (C=O) groups excluding carboxylic acids is 1. The lowest BCUT2D eigenvalue weighted by molar-refractivity contribution is -0.120. The van der Waals surface area contributed by atoms with Gasteiger partial charge in [-0.1, -0.05) is 12.1 Å². The van der Waals surface area contributed by atoms with E-state index in [4.69, 9.17) is 0 Å². The number of amides is 1. The highest BCUT2D eigenvalue weighted by atomic mass is 32.2. The molecule has 1 heterocycles. The molecule has 90 valence electrons. The highest BCUT2D eigenvalue weighted by molar-refractivity contribution is 7.91. The first kappa shape index (κ1) is 10.8. The van der Waals surface area contributed by atoms with Crippen molar-refractivity contribution in [2.24, 2.45) is 5.41 Å². The van der Waals surface area contributed by atoms with Crippen molar-refractivity contribution in [2.75, 3.05) is 11.1 Å². The molecular weight excluding hydrogens is 238 g/mol. The first-order valence-corrected chi connectivity index (χ1v) is 7.24. The summed E-state index contributed by atoms with van der Waals surface area (Å²) in [4.78, 5) is 12.3. The van der Waals surface area contributed by atoms with Gasteiger partial charge in [0.15, 0.2) is 9.84 Å². The van der Waals surface area contributed by atoms with Crippen LogP contribution in [-0.2, 0) is 14.6 Å². The Morgan fingerprint density at radius 1 is 1.29 bits per heavy atom. The van der Waals surface area contributed by atoms with Crippen molar-refractivity contribution in [3.05, 3.63) is 23.8 Å². The minimum Gasteiger partial charge on any atom is -0.324 e. The largest absolute Gasteiger partial charge is 0.324 e. The van der Waals surface area contributed by atoms with Crippen LogP contribution in [0.15, 0.2) is 23.1 Å². The van der Waals surface area contributed by atoms with Crippen LogP contribution in [0.4, 0.5) is 5.69 Å². The van der Waals surface area contributed by atoms with Gasteiger partial charge in [-0.15, -0.1) is 0 Å². The van der Waals surface area contributed by atoms with Gasteiger partial charge in [0.25, 0.3) is 0 Å². The lowest BCUT2D eigenvalue weighted by Gasteiger charge is -2.09. The van der Waals surface area contributed by atoms with Gasteiger partial charge in [-0.2, -0.15) is 0 Å². The van der Waals surface area contributed by atoms with E-state index in [0.29, 0.717) is 18.5 Å². The average Bonchev–Trinajstić information content (AvgIpc) is 3.00. The average molecular weight is 251 g/mol. The van der Waals surface area contributed by atoms with E-state index in [1.807, 2.05) is 0 Å². The van der Waals surface area contributed by atoms with E-state index >= 15 is 0 Å². The third kappa shape index (κ3) is 1.49. The zero-order valence-electron chi connectivity index (χ0n) is 9.49. The second-order valence-electron chi connectivity index (χ2n) is 4.94. The highest BCUT2D eigenvalue weighted by Gasteiger charge is 2.54. The maximum atomic E-state index is 12.3. The Kier molecular flexibility index (Phi) is 1.96. The Hall–Kier alpha value is -1.36. The fourth-order valence-corrected chi connectivity index (χ4v) is 4.45. The third-order valence-electron chi connectivity index (χ3n) is 3.61. The molecule has 0 bridgehead atoms. The number of carbonyl (C=O) groups is 1.